The Morgan fingerprint density at radius 1 is 1.00 bits per heavy atom. The quantitative estimate of drug-likeness (QED) is 0.432. The molecule has 0 aliphatic carbocycles. The topological polar surface area (TPSA) is 56.7 Å². The van der Waals surface area contributed by atoms with E-state index in [1.807, 2.05) is 53.3 Å². The van der Waals surface area contributed by atoms with E-state index in [4.69, 9.17) is 4.42 Å². The first-order valence-corrected chi connectivity index (χ1v) is 9.37. The molecule has 0 aliphatic rings. The van der Waals surface area contributed by atoms with Crippen molar-refractivity contribution in [3.05, 3.63) is 77.0 Å². The molecule has 25 heavy (non-hydrogen) atoms. The monoisotopic (exact) mass is 412 g/mol. The van der Waals surface area contributed by atoms with Crippen LogP contribution in [0.1, 0.15) is 5.56 Å². The lowest BCUT2D eigenvalue weighted by Gasteiger charge is -2.03. The van der Waals surface area contributed by atoms with Crippen molar-refractivity contribution in [3.8, 4) is 17.1 Å². The van der Waals surface area contributed by atoms with E-state index in [1.54, 1.807) is 6.20 Å². The zero-order valence-electron chi connectivity index (χ0n) is 13.0. The van der Waals surface area contributed by atoms with Gasteiger partial charge in [-0.2, -0.15) is 5.10 Å². The van der Waals surface area contributed by atoms with Gasteiger partial charge in [-0.25, -0.2) is 4.68 Å². The van der Waals surface area contributed by atoms with Gasteiger partial charge in [-0.15, -0.1) is 10.2 Å². The number of rotatable bonds is 5. The smallest absolute Gasteiger partial charge is 0.277 e. The summed E-state index contributed by atoms with van der Waals surface area (Å²) in [5, 5.41) is 13.0. The fraction of sp³-hybridized carbons (Fsp3) is 0.0556. The summed E-state index contributed by atoms with van der Waals surface area (Å²) in [6.07, 6.45) is 3.69. The van der Waals surface area contributed by atoms with Gasteiger partial charge in [0.15, 0.2) is 0 Å². The molecule has 0 bridgehead atoms. The van der Waals surface area contributed by atoms with Crippen LogP contribution >= 0.6 is 27.7 Å². The minimum atomic E-state index is 0.518. The summed E-state index contributed by atoms with van der Waals surface area (Å²) in [6.45, 7) is 0. The maximum Gasteiger partial charge on any atom is 0.277 e. The lowest BCUT2D eigenvalue weighted by molar-refractivity contribution is 0.465. The van der Waals surface area contributed by atoms with Crippen LogP contribution in [0.3, 0.4) is 0 Å². The summed E-state index contributed by atoms with van der Waals surface area (Å²) in [7, 11) is 0. The van der Waals surface area contributed by atoms with Crippen molar-refractivity contribution in [1.29, 1.82) is 0 Å². The van der Waals surface area contributed by atoms with Gasteiger partial charge in [-0.05, 0) is 51.8 Å². The number of aromatic nitrogens is 4. The molecule has 5 nitrogen and oxygen atoms in total. The fourth-order valence-corrected chi connectivity index (χ4v) is 3.50. The predicted molar refractivity (Wildman–Crippen MR) is 101 cm³/mol. The van der Waals surface area contributed by atoms with Crippen molar-refractivity contribution in [1.82, 2.24) is 20.0 Å². The predicted octanol–water partition coefficient (Wildman–Crippen LogP) is 4.98. The van der Waals surface area contributed by atoms with Crippen LogP contribution in [0.15, 0.2) is 81.1 Å². The molecule has 0 aliphatic heterocycles. The van der Waals surface area contributed by atoms with Crippen LogP contribution in [0.25, 0.3) is 17.1 Å². The molecule has 4 rings (SSSR count). The van der Waals surface area contributed by atoms with E-state index in [9.17, 15) is 0 Å². The van der Waals surface area contributed by atoms with Crippen LogP contribution in [0.2, 0.25) is 0 Å². The largest absolute Gasteiger partial charge is 0.411 e. The lowest BCUT2D eigenvalue weighted by atomic mass is 10.2. The van der Waals surface area contributed by atoms with Gasteiger partial charge < -0.3 is 4.42 Å². The minimum absolute atomic E-state index is 0.518. The molecule has 0 amide bonds. The Kier molecular flexibility index (Phi) is 4.67. The van der Waals surface area contributed by atoms with E-state index in [1.165, 1.54) is 17.3 Å². The van der Waals surface area contributed by atoms with Crippen LogP contribution in [0, 0.1) is 0 Å². The van der Waals surface area contributed by atoms with Gasteiger partial charge in [0.05, 0.1) is 11.3 Å². The van der Waals surface area contributed by atoms with Crippen molar-refractivity contribution in [2.45, 2.75) is 11.0 Å². The van der Waals surface area contributed by atoms with E-state index in [0.29, 0.717) is 11.1 Å². The number of hydrogen-bond acceptors (Lipinski definition) is 5. The summed E-state index contributed by atoms with van der Waals surface area (Å²) >= 11 is 5.02. The van der Waals surface area contributed by atoms with Crippen molar-refractivity contribution in [2.75, 3.05) is 0 Å². The standard InChI is InChI=1S/C18H13BrN4OS/c19-16-5-2-1-4-15(16)17-21-22-18(24-17)25-12-13-6-8-14(9-7-13)23-11-3-10-20-23/h1-11H,12H2. The third-order valence-electron chi connectivity index (χ3n) is 3.58. The molecular formula is C18H13BrN4OS. The van der Waals surface area contributed by atoms with Crippen LogP contribution in [0.5, 0.6) is 0 Å². The second-order valence-electron chi connectivity index (χ2n) is 5.26. The van der Waals surface area contributed by atoms with E-state index in [-0.39, 0.29) is 0 Å². The molecule has 2 aromatic heterocycles. The Morgan fingerprint density at radius 3 is 2.60 bits per heavy atom. The number of halogens is 1. The number of hydrogen-bond donors (Lipinski definition) is 0. The molecule has 0 N–H and O–H groups in total. The number of nitrogens with zero attached hydrogens (tertiary/aromatic N) is 4. The average molecular weight is 413 g/mol. The van der Waals surface area contributed by atoms with Gasteiger partial charge in [0.25, 0.3) is 5.22 Å². The van der Waals surface area contributed by atoms with Crippen molar-refractivity contribution in [2.24, 2.45) is 0 Å². The summed E-state index contributed by atoms with van der Waals surface area (Å²) in [5.41, 5.74) is 3.11. The molecule has 7 heteroatoms. The maximum atomic E-state index is 5.75. The van der Waals surface area contributed by atoms with E-state index in [0.717, 1.165) is 21.5 Å². The van der Waals surface area contributed by atoms with E-state index >= 15 is 0 Å². The first-order valence-electron chi connectivity index (χ1n) is 7.60. The molecule has 0 saturated heterocycles. The highest BCUT2D eigenvalue weighted by atomic mass is 79.9. The molecule has 0 atom stereocenters. The highest BCUT2D eigenvalue weighted by molar-refractivity contribution is 9.10. The first-order chi connectivity index (χ1) is 12.3. The highest BCUT2D eigenvalue weighted by Gasteiger charge is 2.11. The number of benzene rings is 2. The Morgan fingerprint density at radius 2 is 1.84 bits per heavy atom. The molecular weight excluding hydrogens is 400 g/mol. The number of thioether (sulfide) groups is 1. The van der Waals surface area contributed by atoms with Gasteiger partial charge in [0, 0.05) is 22.6 Å². The molecule has 124 valence electrons. The normalized spacial score (nSPS) is 10.9. The van der Waals surface area contributed by atoms with Crippen LogP contribution < -0.4 is 0 Å². The molecule has 2 aromatic carbocycles. The van der Waals surface area contributed by atoms with Crippen molar-refractivity contribution >= 4 is 27.7 Å². The van der Waals surface area contributed by atoms with Gasteiger partial charge in [-0.3, -0.25) is 0 Å². The molecule has 0 radical (unpaired) electrons. The lowest BCUT2D eigenvalue weighted by Crippen LogP contribution is -1.93. The zero-order chi connectivity index (χ0) is 17.1. The molecule has 4 aromatic rings. The molecule has 0 unspecified atom stereocenters. The highest BCUT2D eigenvalue weighted by Crippen LogP contribution is 2.30. The fourth-order valence-electron chi connectivity index (χ4n) is 2.32. The second kappa shape index (κ2) is 7.25. The second-order valence-corrected chi connectivity index (χ2v) is 7.04. The minimum Gasteiger partial charge on any atom is -0.411 e. The Labute approximate surface area is 157 Å². The third-order valence-corrected chi connectivity index (χ3v) is 5.16. The van der Waals surface area contributed by atoms with Gasteiger partial charge >= 0.3 is 0 Å². The summed E-state index contributed by atoms with van der Waals surface area (Å²) in [4.78, 5) is 0. The third kappa shape index (κ3) is 3.67. The van der Waals surface area contributed by atoms with Crippen molar-refractivity contribution in [3.63, 3.8) is 0 Å². The molecule has 0 fully saturated rings. The van der Waals surface area contributed by atoms with E-state index in [2.05, 4.69) is 43.4 Å². The Hall–Kier alpha value is -2.38. The molecule has 0 spiro atoms. The molecule has 0 saturated carbocycles. The molecule has 2 heterocycles. The Bertz CT molecular complexity index is 967. The summed E-state index contributed by atoms with van der Waals surface area (Å²) in [5.74, 6) is 1.28. The first kappa shape index (κ1) is 16.1. The SMILES string of the molecule is Brc1ccccc1-c1nnc(SCc2ccc(-n3cccn3)cc2)o1. The summed E-state index contributed by atoms with van der Waals surface area (Å²) in [6, 6.07) is 17.9. The maximum absolute atomic E-state index is 5.75. The average Bonchev–Trinajstić information content (AvgIpc) is 3.33. The van der Waals surface area contributed by atoms with E-state index < -0.39 is 0 Å². The zero-order valence-corrected chi connectivity index (χ0v) is 15.4. The Balaban J connectivity index is 1.43. The van der Waals surface area contributed by atoms with Gasteiger partial charge in [0.1, 0.15) is 0 Å². The van der Waals surface area contributed by atoms with Crippen LogP contribution in [-0.4, -0.2) is 20.0 Å². The van der Waals surface area contributed by atoms with Gasteiger partial charge in [-0.1, -0.05) is 36.0 Å². The van der Waals surface area contributed by atoms with Crippen LogP contribution in [-0.2, 0) is 5.75 Å². The van der Waals surface area contributed by atoms with Gasteiger partial charge in [0.2, 0.25) is 5.89 Å². The van der Waals surface area contributed by atoms with Crippen LogP contribution in [0.4, 0.5) is 0 Å². The van der Waals surface area contributed by atoms with Crippen molar-refractivity contribution < 1.29 is 4.42 Å². The summed E-state index contributed by atoms with van der Waals surface area (Å²) < 4.78 is 8.52.